The average molecular weight is 429 g/mol. The van der Waals surface area contributed by atoms with Gasteiger partial charge in [0, 0.05) is 0 Å². The number of thioether (sulfide) groups is 1. The molecule has 26 heavy (non-hydrogen) atoms. The van der Waals surface area contributed by atoms with Crippen LogP contribution in [0.15, 0.2) is 53.8 Å². The van der Waals surface area contributed by atoms with E-state index in [0.717, 1.165) is 27.1 Å². The van der Waals surface area contributed by atoms with Gasteiger partial charge in [0.05, 0.1) is 0 Å². The first-order valence-electron chi connectivity index (χ1n) is 8.22. The molecule has 0 saturated heterocycles. The Balaban J connectivity index is 1.45. The van der Waals surface area contributed by atoms with Crippen LogP contribution < -0.4 is 5.73 Å². The molecule has 0 amide bonds. The van der Waals surface area contributed by atoms with Crippen LogP contribution in [-0.2, 0) is 6.42 Å². The van der Waals surface area contributed by atoms with Gasteiger partial charge in [-0.15, -0.1) is 0 Å². The molecular weight excluding hydrogens is 412 g/mol. The van der Waals surface area contributed by atoms with Crippen molar-refractivity contribution >= 4 is 44.6 Å². The quantitative estimate of drug-likeness (QED) is 0.612. The summed E-state index contributed by atoms with van der Waals surface area (Å²) < 4.78 is 13.2. The Morgan fingerprint density at radius 2 is 2.08 bits per heavy atom. The van der Waals surface area contributed by atoms with Gasteiger partial charge >= 0.3 is 164 Å². The molecule has 3 aromatic rings. The van der Waals surface area contributed by atoms with Crippen molar-refractivity contribution in [2.24, 2.45) is 10.8 Å². The second-order valence-electron chi connectivity index (χ2n) is 6.23. The van der Waals surface area contributed by atoms with E-state index in [1.807, 2.05) is 23.3 Å². The van der Waals surface area contributed by atoms with Crippen molar-refractivity contribution in [3.8, 4) is 0 Å². The molecule has 2 radical (unpaired) electrons. The third-order valence-electron chi connectivity index (χ3n) is 4.21. The molecule has 5 nitrogen and oxygen atoms in total. The monoisotopic (exact) mass is 429 g/mol. The fraction of sp³-hybridized carbons (Fsp3) is 0.222. The number of hydrazone groups is 1. The van der Waals surface area contributed by atoms with Crippen LogP contribution in [-0.4, -0.2) is 53.9 Å². The summed E-state index contributed by atoms with van der Waals surface area (Å²) in [7, 11) is 0. The van der Waals surface area contributed by atoms with Crippen molar-refractivity contribution in [3.05, 3.63) is 65.6 Å². The molecule has 0 saturated carbocycles. The molecule has 0 bridgehead atoms. The normalized spacial score (nSPS) is 18.3. The van der Waals surface area contributed by atoms with Gasteiger partial charge in [-0.05, 0) is 0 Å². The van der Waals surface area contributed by atoms with E-state index >= 15 is 0 Å². The molecule has 1 aliphatic rings. The summed E-state index contributed by atoms with van der Waals surface area (Å²) >= 11 is 4.34. The van der Waals surface area contributed by atoms with Crippen LogP contribution in [0, 0.1) is 5.82 Å². The van der Waals surface area contributed by atoms with Crippen molar-refractivity contribution in [2.75, 3.05) is 6.54 Å². The number of nitrogens with zero attached hydrogens (tertiary/aromatic N) is 3. The summed E-state index contributed by atoms with van der Waals surface area (Å²) in [4.78, 5) is 0. The van der Waals surface area contributed by atoms with E-state index in [1.165, 1.54) is 12.1 Å². The van der Waals surface area contributed by atoms with E-state index in [-0.39, 0.29) is 16.0 Å². The van der Waals surface area contributed by atoms with Gasteiger partial charge in [-0.1, -0.05) is 0 Å². The number of halogens is 1. The first kappa shape index (κ1) is 17.6. The van der Waals surface area contributed by atoms with E-state index in [1.54, 1.807) is 23.9 Å². The molecule has 0 aliphatic carbocycles. The van der Waals surface area contributed by atoms with E-state index in [2.05, 4.69) is 33.1 Å². The molecule has 2 unspecified atom stereocenters. The van der Waals surface area contributed by atoms with Crippen LogP contribution in [0.2, 0.25) is 0 Å². The third-order valence-corrected chi connectivity index (χ3v) is 6.43. The number of nitrogens with two attached hydrogens (primary N) is 1. The van der Waals surface area contributed by atoms with Gasteiger partial charge in [-0.25, -0.2) is 0 Å². The Morgan fingerprint density at radius 1 is 1.27 bits per heavy atom. The standard InChI is InChI=1S/C18H17AsFN5S/c19-18-25(10-15(21)7-11-1-4-14(20)5-2-11)24-17(26-18)12-3-6-16-13(8-12)9-22-23-16/h1-6,8-9,15,18H,7,10,21H2,(H,22,23). The molecular formula is C18H17AsFN5S. The molecule has 2 aromatic carbocycles. The zero-order chi connectivity index (χ0) is 18.1. The minimum absolute atomic E-state index is 0.0767. The molecule has 1 aromatic heterocycles. The molecule has 0 fully saturated rings. The maximum atomic E-state index is 13.0. The van der Waals surface area contributed by atoms with Crippen LogP contribution in [0.3, 0.4) is 0 Å². The number of nitrogens with one attached hydrogen (secondary N) is 1. The average Bonchev–Trinajstić information content (AvgIpc) is 3.23. The number of hydrogen-bond acceptors (Lipinski definition) is 5. The van der Waals surface area contributed by atoms with Crippen molar-refractivity contribution in [1.82, 2.24) is 15.2 Å². The van der Waals surface area contributed by atoms with Gasteiger partial charge < -0.3 is 0 Å². The Labute approximate surface area is 163 Å². The zero-order valence-corrected chi connectivity index (χ0v) is 16.5. The van der Waals surface area contributed by atoms with Crippen LogP contribution in [0.4, 0.5) is 4.39 Å². The predicted octanol–water partition coefficient (Wildman–Crippen LogP) is 2.43. The minimum atomic E-state index is -0.229. The fourth-order valence-electron chi connectivity index (χ4n) is 2.91. The number of aromatic amines is 1. The van der Waals surface area contributed by atoms with Gasteiger partial charge in [-0.2, -0.15) is 0 Å². The second kappa shape index (κ2) is 7.43. The van der Waals surface area contributed by atoms with Crippen molar-refractivity contribution in [2.45, 2.75) is 16.6 Å². The summed E-state index contributed by atoms with van der Waals surface area (Å²) in [5.74, 6) is -0.229. The molecule has 3 N–H and O–H groups in total. The zero-order valence-electron chi connectivity index (χ0n) is 13.8. The van der Waals surface area contributed by atoms with Crippen LogP contribution >= 0.6 is 11.8 Å². The van der Waals surface area contributed by atoms with E-state index in [0.29, 0.717) is 13.0 Å². The molecule has 8 heteroatoms. The number of fused-ring (bicyclic) bond motifs is 1. The van der Waals surface area contributed by atoms with Gasteiger partial charge in [0.1, 0.15) is 0 Å². The van der Waals surface area contributed by atoms with Gasteiger partial charge in [0.15, 0.2) is 0 Å². The molecule has 0 spiro atoms. The summed E-state index contributed by atoms with van der Waals surface area (Å²) in [5, 5.41) is 15.8. The van der Waals surface area contributed by atoms with Crippen LogP contribution in [0.1, 0.15) is 11.1 Å². The molecule has 2 atom stereocenters. The Morgan fingerprint density at radius 3 is 2.88 bits per heavy atom. The van der Waals surface area contributed by atoms with Crippen molar-refractivity contribution < 1.29 is 4.39 Å². The van der Waals surface area contributed by atoms with Gasteiger partial charge in [-0.3, -0.25) is 0 Å². The summed E-state index contributed by atoms with van der Waals surface area (Å²) in [5.41, 5.74) is 9.42. The van der Waals surface area contributed by atoms with E-state index < -0.39 is 0 Å². The van der Waals surface area contributed by atoms with Crippen LogP contribution in [0.25, 0.3) is 10.9 Å². The Kier molecular flexibility index (Phi) is 5.02. The van der Waals surface area contributed by atoms with Gasteiger partial charge in [0.2, 0.25) is 0 Å². The Hall–Kier alpha value is -1.82. The van der Waals surface area contributed by atoms with E-state index in [4.69, 9.17) is 10.8 Å². The third kappa shape index (κ3) is 3.80. The maximum absolute atomic E-state index is 13.0. The van der Waals surface area contributed by atoms with Crippen LogP contribution in [0.5, 0.6) is 0 Å². The number of H-pyrrole nitrogens is 1. The molecule has 2 heterocycles. The number of benzene rings is 2. The molecule has 1 aliphatic heterocycles. The molecule has 132 valence electrons. The van der Waals surface area contributed by atoms with Gasteiger partial charge in [0.25, 0.3) is 0 Å². The number of hydrogen-bond donors (Lipinski definition) is 2. The topological polar surface area (TPSA) is 70.3 Å². The SMILES string of the molecule is NC(Cc1ccc(F)cc1)CN1N=C(c2ccc3[nH]ncc3c2)SC1[As]. The van der Waals surface area contributed by atoms with Crippen molar-refractivity contribution in [1.29, 1.82) is 0 Å². The number of aromatic nitrogens is 2. The first-order chi connectivity index (χ1) is 12.6. The second-order valence-corrected chi connectivity index (χ2v) is 9.09. The summed E-state index contributed by atoms with van der Waals surface area (Å²) in [6, 6.07) is 12.6. The fourth-order valence-corrected chi connectivity index (χ4v) is 4.72. The number of rotatable bonds is 5. The summed E-state index contributed by atoms with van der Waals surface area (Å²) in [6.45, 7) is 0.640. The Bertz CT molecular complexity index is 942. The first-order valence-corrected chi connectivity index (χ1v) is 10.2. The van der Waals surface area contributed by atoms with E-state index in [9.17, 15) is 4.39 Å². The van der Waals surface area contributed by atoms with Crippen molar-refractivity contribution in [3.63, 3.8) is 0 Å². The summed E-state index contributed by atoms with van der Waals surface area (Å²) in [6.07, 6.45) is 2.50. The predicted molar refractivity (Wildman–Crippen MR) is 105 cm³/mol. The molecule has 4 rings (SSSR count).